The molecule has 0 bridgehead atoms. The third kappa shape index (κ3) is 5.12. The lowest BCUT2D eigenvalue weighted by Crippen LogP contribution is -2.49. The van der Waals surface area contributed by atoms with E-state index in [9.17, 15) is 19.5 Å². The number of carboxylic acid groups (broad SMARTS) is 2. The van der Waals surface area contributed by atoms with Gasteiger partial charge in [0.2, 0.25) is 5.91 Å². The Hall–Kier alpha value is -3.92. The standard InChI is InChI=1S/C23H25N5O5/c29-20(6-7-21(30)31)26-15-4-5-16-17(14-25-18(16)13-15)22(23(32)33)28-11-9-27(10-12-28)19-3-1-2-8-24-19/h1-5,8,13-14,22,25H,6-7,9-12H2,(H,26,29)(H,30,31)(H,32,33)/t22-/m1/s1. The number of carboxylic acids is 2. The van der Waals surface area contributed by atoms with Gasteiger partial charge in [0.1, 0.15) is 11.9 Å². The Morgan fingerprint density at radius 1 is 1.06 bits per heavy atom. The van der Waals surface area contributed by atoms with Crippen LogP contribution in [0.5, 0.6) is 0 Å². The van der Waals surface area contributed by atoms with Crippen LogP contribution in [0.2, 0.25) is 0 Å². The van der Waals surface area contributed by atoms with Gasteiger partial charge in [-0.2, -0.15) is 0 Å². The van der Waals surface area contributed by atoms with Gasteiger partial charge in [-0.1, -0.05) is 12.1 Å². The molecule has 0 aliphatic carbocycles. The minimum atomic E-state index is -1.03. The third-order valence-corrected chi connectivity index (χ3v) is 5.74. The molecule has 1 atom stereocenters. The van der Waals surface area contributed by atoms with Gasteiger partial charge in [0.15, 0.2) is 0 Å². The number of aromatic nitrogens is 2. The maximum absolute atomic E-state index is 12.2. The molecule has 0 saturated carbocycles. The van der Waals surface area contributed by atoms with E-state index in [-0.39, 0.29) is 12.8 Å². The van der Waals surface area contributed by atoms with Gasteiger partial charge >= 0.3 is 11.9 Å². The van der Waals surface area contributed by atoms with Crippen molar-refractivity contribution in [1.82, 2.24) is 14.9 Å². The van der Waals surface area contributed by atoms with Crippen LogP contribution >= 0.6 is 0 Å². The summed E-state index contributed by atoms with van der Waals surface area (Å²) in [6.07, 6.45) is 3.09. The number of hydrogen-bond donors (Lipinski definition) is 4. The fourth-order valence-electron chi connectivity index (χ4n) is 4.13. The van der Waals surface area contributed by atoms with E-state index in [1.807, 2.05) is 23.1 Å². The first kappa shape index (κ1) is 22.3. The molecule has 10 nitrogen and oxygen atoms in total. The summed E-state index contributed by atoms with van der Waals surface area (Å²) in [5, 5.41) is 22.2. The number of nitrogens with zero attached hydrogens (tertiary/aromatic N) is 3. The molecule has 172 valence electrons. The minimum Gasteiger partial charge on any atom is -0.481 e. The molecule has 1 saturated heterocycles. The van der Waals surface area contributed by atoms with Gasteiger partial charge in [-0.25, -0.2) is 4.98 Å². The number of aromatic amines is 1. The number of amides is 1. The van der Waals surface area contributed by atoms with Gasteiger partial charge in [-0.05, 0) is 24.3 Å². The van der Waals surface area contributed by atoms with Crippen LogP contribution in [0.1, 0.15) is 24.4 Å². The molecule has 10 heteroatoms. The Kier molecular flexibility index (Phi) is 6.55. The molecule has 1 amide bonds. The summed E-state index contributed by atoms with van der Waals surface area (Å²) >= 11 is 0. The molecule has 4 N–H and O–H groups in total. The zero-order chi connectivity index (χ0) is 23.4. The minimum absolute atomic E-state index is 0.116. The fourth-order valence-corrected chi connectivity index (χ4v) is 4.13. The van der Waals surface area contributed by atoms with Crippen LogP contribution in [0.15, 0.2) is 48.8 Å². The summed E-state index contributed by atoms with van der Waals surface area (Å²) in [5.41, 5.74) is 1.87. The zero-order valence-corrected chi connectivity index (χ0v) is 17.9. The zero-order valence-electron chi connectivity index (χ0n) is 17.9. The molecule has 1 fully saturated rings. The van der Waals surface area contributed by atoms with Crippen molar-refractivity contribution in [3.63, 3.8) is 0 Å². The first-order valence-electron chi connectivity index (χ1n) is 10.7. The number of benzene rings is 1. The number of carbonyl (C=O) groups is 3. The van der Waals surface area contributed by atoms with Gasteiger partial charge in [0, 0.05) is 67.1 Å². The van der Waals surface area contributed by atoms with Gasteiger partial charge in [-0.15, -0.1) is 0 Å². The molecule has 1 aliphatic rings. The molecule has 4 rings (SSSR count). The summed E-state index contributed by atoms with van der Waals surface area (Å²) < 4.78 is 0. The summed E-state index contributed by atoms with van der Waals surface area (Å²) in [6, 6.07) is 10.1. The number of anilines is 2. The van der Waals surface area contributed by atoms with E-state index >= 15 is 0 Å². The summed E-state index contributed by atoms with van der Waals surface area (Å²) in [7, 11) is 0. The summed E-state index contributed by atoms with van der Waals surface area (Å²) in [4.78, 5) is 46.4. The average molecular weight is 451 g/mol. The van der Waals surface area contributed by atoms with Gasteiger partial charge in [0.25, 0.3) is 0 Å². The van der Waals surface area contributed by atoms with Crippen molar-refractivity contribution in [2.75, 3.05) is 36.4 Å². The molecule has 1 aromatic carbocycles. The van der Waals surface area contributed by atoms with Crippen LogP contribution in [-0.4, -0.2) is 69.1 Å². The van der Waals surface area contributed by atoms with Crippen molar-refractivity contribution < 1.29 is 24.6 Å². The van der Waals surface area contributed by atoms with Crippen LogP contribution in [-0.2, 0) is 14.4 Å². The van der Waals surface area contributed by atoms with E-state index in [1.54, 1.807) is 30.6 Å². The number of H-pyrrole nitrogens is 1. The number of hydrogen-bond acceptors (Lipinski definition) is 6. The SMILES string of the molecule is O=C(O)CCC(=O)Nc1ccc2c([C@H](C(=O)O)N3CCN(c4ccccn4)CC3)c[nH]c2c1. The van der Waals surface area contributed by atoms with E-state index in [2.05, 4.69) is 20.2 Å². The van der Waals surface area contributed by atoms with Crippen molar-refractivity contribution in [2.45, 2.75) is 18.9 Å². The smallest absolute Gasteiger partial charge is 0.325 e. The lowest BCUT2D eigenvalue weighted by atomic mass is 10.0. The number of carbonyl (C=O) groups excluding carboxylic acids is 1. The molecule has 0 unspecified atom stereocenters. The van der Waals surface area contributed by atoms with Crippen LogP contribution < -0.4 is 10.2 Å². The highest BCUT2D eigenvalue weighted by molar-refractivity contribution is 5.96. The van der Waals surface area contributed by atoms with Gasteiger partial charge < -0.3 is 25.4 Å². The Morgan fingerprint density at radius 3 is 2.52 bits per heavy atom. The lowest BCUT2D eigenvalue weighted by Gasteiger charge is -2.38. The number of piperazine rings is 1. The maximum Gasteiger partial charge on any atom is 0.325 e. The monoisotopic (exact) mass is 451 g/mol. The van der Waals surface area contributed by atoms with Gasteiger partial charge in [0.05, 0.1) is 6.42 Å². The van der Waals surface area contributed by atoms with Crippen LogP contribution in [0, 0.1) is 0 Å². The molecule has 3 aromatic rings. The summed E-state index contributed by atoms with van der Waals surface area (Å²) in [5.74, 6) is -1.46. The van der Waals surface area contributed by atoms with Gasteiger partial charge in [-0.3, -0.25) is 19.3 Å². The van der Waals surface area contributed by atoms with E-state index in [4.69, 9.17) is 5.11 Å². The number of nitrogens with one attached hydrogen (secondary N) is 2. The predicted molar refractivity (Wildman–Crippen MR) is 122 cm³/mol. The van der Waals surface area contributed by atoms with E-state index < -0.39 is 23.9 Å². The van der Waals surface area contributed by atoms with E-state index in [0.717, 1.165) is 11.2 Å². The molecule has 1 aliphatic heterocycles. The first-order valence-corrected chi connectivity index (χ1v) is 10.7. The highest BCUT2D eigenvalue weighted by Gasteiger charge is 2.32. The predicted octanol–water partition coefficient (Wildman–Crippen LogP) is 2.31. The quantitative estimate of drug-likeness (QED) is 0.409. The number of fused-ring (bicyclic) bond motifs is 1. The van der Waals surface area contributed by atoms with Crippen molar-refractivity contribution >= 4 is 40.3 Å². The summed E-state index contributed by atoms with van der Waals surface area (Å²) in [6.45, 7) is 2.52. The maximum atomic E-state index is 12.2. The average Bonchev–Trinajstić information content (AvgIpc) is 3.21. The molecular weight excluding hydrogens is 426 g/mol. The Morgan fingerprint density at radius 2 is 1.85 bits per heavy atom. The number of rotatable bonds is 8. The van der Waals surface area contributed by atoms with Crippen molar-refractivity contribution in [3.05, 3.63) is 54.4 Å². The van der Waals surface area contributed by atoms with Crippen LogP contribution in [0.4, 0.5) is 11.5 Å². The third-order valence-electron chi connectivity index (χ3n) is 5.74. The normalized spacial score (nSPS) is 15.3. The Labute approximate surface area is 189 Å². The Bertz CT molecular complexity index is 1150. The second kappa shape index (κ2) is 9.70. The first-order chi connectivity index (χ1) is 15.9. The molecule has 0 radical (unpaired) electrons. The molecule has 2 aromatic heterocycles. The van der Waals surface area contributed by atoms with Crippen LogP contribution in [0.25, 0.3) is 10.9 Å². The number of aliphatic carboxylic acids is 2. The van der Waals surface area contributed by atoms with Crippen LogP contribution in [0.3, 0.4) is 0 Å². The topological polar surface area (TPSA) is 139 Å². The second-order valence-corrected chi connectivity index (χ2v) is 7.90. The highest BCUT2D eigenvalue weighted by Crippen LogP contribution is 2.31. The van der Waals surface area contributed by atoms with Crippen molar-refractivity contribution in [1.29, 1.82) is 0 Å². The van der Waals surface area contributed by atoms with E-state index in [1.165, 1.54) is 0 Å². The molecular formula is C23H25N5O5. The largest absolute Gasteiger partial charge is 0.481 e. The molecule has 0 spiro atoms. The highest BCUT2D eigenvalue weighted by atomic mass is 16.4. The lowest BCUT2D eigenvalue weighted by molar-refractivity contribution is -0.143. The molecule has 33 heavy (non-hydrogen) atoms. The fraction of sp³-hybridized carbons (Fsp3) is 0.304. The van der Waals surface area contributed by atoms with Crippen molar-refractivity contribution in [2.24, 2.45) is 0 Å². The van der Waals surface area contributed by atoms with E-state index in [0.29, 0.717) is 42.9 Å². The second-order valence-electron chi connectivity index (χ2n) is 7.90. The Balaban J connectivity index is 1.48. The number of pyridine rings is 1. The van der Waals surface area contributed by atoms with Crippen molar-refractivity contribution in [3.8, 4) is 0 Å². The molecule has 3 heterocycles.